The summed E-state index contributed by atoms with van der Waals surface area (Å²) in [4.78, 5) is 4.97. The van der Waals surface area contributed by atoms with Crippen molar-refractivity contribution in [3.8, 4) is 5.88 Å². The van der Waals surface area contributed by atoms with Crippen molar-refractivity contribution in [1.82, 2.24) is 13.6 Å². The van der Waals surface area contributed by atoms with E-state index >= 15 is 0 Å². The van der Waals surface area contributed by atoms with E-state index in [0.29, 0.717) is 12.5 Å². The third-order valence-electron chi connectivity index (χ3n) is 3.67. The number of thiophene rings is 1. The number of rotatable bonds is 6. The maximum Gasteiger partial charge on any atom is 0.254 e. The van der Waals surface area contributed by atoms with Gasteiger partial charge in [0, 0.05) is 22.8 Å². The Morgan fingerprint density at radius 1 is 1.27 bits per heavy atom. The minimum atomic E-state index is 0.579. The Balaban J connectivity index is 1.66. The molecule has 0 spiro atoms. The van der Waals surface area contributed by atoms with Crippen molar-refractivity contribution in [3.63, 3.8) is 0 Å². The summed E-state index contributed by atoms with van der Waals surface area (Å²) in [6.45, 7) is 4.81. The van der Waals surface area contributed by atoms with E-state index in [1.165, 1.54) is 33.5 Å². The second-order valence-corrected chi connectivity index (χ2v) is 7.36. The van der Waals surface area contributed by atoms with Crippen LogP contribution in [0.25, 0.3) is 5.57 Å². The Hall–Kier alpha value is -1.24. The monoisotopic (exact) mass is 335 g/mol. The Bertz CT molecular complexity index is 647. The van der Waals surface area contributed by atoms with E-state index in [2.05, 4.69) is 45.8 Å². The van der Waals surface area contributed by atoms with Gasteiger partial charge in [-0.3, -0.25) is 0 Å². The first-order chi connectivity index (χ1) is 10.8. The van der Waals surface area contributed by atoms with Gasteiger partial charge >= 0.3 is 0 Å². The number of hydrogen-bond acceptors (Lipinski definition) is 6. The molecule has 3 heterocycles. The summed E-state index contributed by atoms with van der Waals surface area (Å²) >= 11 is 3.06. The third-order valence-corrected chi connectivity index (χ3v) is 5.30. The van der Waals surface area contributed by atoms with Crippen molar-refractivity contribution < 1.29 is 4.74 Å². The van der Waals surface area contributed by atoms with Gasteiger partial charge in [-0.15, -0.1) is 15.7 Å². The van der Waals surface area contributed by atoms with E-state index in [-0.39, 0.29) is 0 Å². The van der Waals surface area contributed by atoms with Crippen LogP contribution in [0.2, 0.25) is 0 Å². The molecule has 4 nitrogen and oxygen atoms in total. The summed E-state index contributed by atoms with van der Waals surface area (Å²) in [5.74, 6) is 0.678. The minimum absolute atomic E-state index is 0.579. The molecule has 1 aliphatic heterocycles. The van der Waals surface area contributed by atoms with Gasteiger partial charge in [0.15, 0.2) is 0 Å². The van der Waals surface area contributed by atoms with E-state index in [0.717, 1.165) is 31.6 Å². The average Bonchev–Trinajstić information content (AvgIpc) is 3.14. The van der Waals surface area contributed by atoms with E-state index in [1.807, 2.05) is 11.3 Å². The molecule has 6 heteroatoms. The third kappa shape index (κ3) is 3.74. The topological polar surface area (TPSA) is 38.3 Å². The highest BCUT2D eigenvalue weighted by Gasteiger charge is 2.18. The van der Waals surface area contributed by atoms with Crippen LogP contribution in [0.5, 0.6) is 5.88 Å². The molecule has 0 amide bonds. The zero-order valence-corrected chi connectivity index (χ0v) is 14.7. The molecule has 0 unspecified atom stereocenters. The van der Waals surface area contributed by atoms with Crippen LogP contribution in [0.3, 0.4) is 0 Å². The van der Waals surface area contributed by atoms with Crippen molar-refractivity contribution >= 4 is 28.6 Å². The fraction of sp³-hybridized carbons (Fsp3) is 0.500. The number of nitrogens with zero attached hydrogens (tertiary/aromatic N) is 3. The van der Waals surface area contributed by atoms with Gasteiger partial charge in [0.2, 0.25) is 0 Å². The maximum atomic E-state index is 5.93. The molecule has 3 rings (SSSR count). The van der Waals surface area contributed by atoms with Crippen LogP contribution < -0.4 is 4.74 Å². The summed E-state index contributed by atoms with van der Waals surface area (Å²) in [7, 11) is 2.13. The minimum Gasteiger partial charge on any atom is -0.470 e. The smallest absolute Gasteiger partial charge is 0.254 e. The predicted octanol–water partition coefficient (Wildman–Crippen LogP) is 3.85. The molecule has 0 aromatic carbocycles. The molecule has 0 atom stereocenters. The molecular formula is C16H21N3OS2. The van der Waals surface area contributed by atoms with Crippen LogP contribution in [0, 0.1) is 0 Å². The first-order valence-corrected chi connectivity index (χ1v) is 9.22. The molecule has 118 valence electrons. The summed E-state index contributed by atoms with van der Waals surface area (Å²) in [5, 5.41) is 0. The van der Waals surface area contributed by atoms with Crippen LogP contribution >= 0.6 is 23.1 Å². The summed E-state index contributed by atoms with van der Waals surface area (Å²) in [5.41, 5.74) is 2.15. The molecule has 2 aromatic heterocycles. The SMILES string of the molecule is CCCc1ccc(COc2nsnc2C2=CCCN(C)C2)s1. The van der Waals surface area contributed by atoms with Gasteiger partial charge in [-0.05, 0) is 37.6 Å². The van der Waals surface area contributed by atoms with E-state index in [1.54, 1.807) is 0 Å². The lowest BCUT2D eigenvalue weighted by Crippen LogP contribution is -2.25. The van der Waals surface area contributed by atoms with Crippen molar-refractivity contribution in [3.05, 3.63) is 33.7 Å². The highest BCUT2D eigenvalue weighted by molar-refractivity contribution is 7.11. The molecule has 0 N–H and O–H groups in total. The standard InChI is InChI=1S/C16H21N3OS2/c1-3-5-13-7-8-14(21-13)11-20-16-15(17-22-18-16)12-6-4-9-19(2)10-12/h6-8H,3-5,9-11H2,1-2H3. The van der Waals surface area contributed by atoms with Crippen LogP contribution in [0.15, 0.2) is 18.2 Å². The highest BCUT2D eigenvalue weighted by Crippen LogP contribution is 2.28. The van der Waals surface area contributed by atoms with E-state index in [9.17, 15) is 0 Å². The second-order valence-electron chi connectivity index (χ2n) is 5.58. The normalized spacial score (nSPS) is 15.8. The molecule has 0 aliphatic carbocycles. The first kappa shape index (κ1) is 15.6. The van der Waals surface area contributed by atoms with Gasteiger partial charge in [-0.1, -0.05) is 19.4 Å². The maximum absolute atomic E-state index is 5.93. The molecule has 0 saturated carbocycles. The number of likely N-dealkylation sites (N-methyl/N-ethyl adjacent to an activating group) is 1. The molecule has 2 aromatic rings. The number of aryl methyl sites for hydroxylation is 1. The van der Waals surface area contributed by atoms with Crippen LogP contribution in [0.1, 0.15) is 35.2 Å². The van der Waals surface area contributed by atoms with E-state index < -0.39 is 0 Å². The summed E-state index contributed by atoms with van der Waals surface area (Å²) < 4.78 is 14.7. The van der Waals surface area contributed by atoms with Crippen molar-refractivity contribution in [2.24, 2.45) is 0 Å². The van der Waals surface area contributed by atoms with Crippen LogP contribution in [-0.2, 0) is 13.0 Å². The summed E-state index contributed by atoms with van der Waals surface area (Å²) in [6.07, 6.45) is 5.65. The zero-order valence-electron chi connectivity index (χ0n) is 13.0. The lowest BCUT2D eigenvalue weighted by atomic mass is 10.1. The molecule has 22 heavy (non-hydrogen) atoms. The fourth-order valence-corrected chi connectivity index (χ4v) is 4.12. The molecule has 0 saturated heterocycles. The number of aromatic nitrogens is 2. The Kier molecular flexibility index (Phi) is 5.23. The average molecular weight is 335 g/mol. The Morgan fingerprint density at radius 3 is 2.95 bits per heavy atom. The Labute approximate surface area is 139 Å². The lowest BCUT2D eigenvalue weighted by Gasteiger charge is -2.22. The summed E-state index contributed by atoms with van der Waals surface area (Å²) in [6, 6.07) is 4.36. The second kappa shape index (κ2) is 7.35. The molecule has 0 radical (unpaired) electrons. The fourth-order valence-electron chi connectivity index (χ4n) is 2.56. The molecule has 0 bridgehead atoms. The van der Waals surface area contributed by atoms with Gasteiger partial charge < -0.3 is 9.64 Å². The van der Waals surface area contributed by atoms with Gasteiger partial charge in [0.1, 0.15) is 12.3 Å². The van der Waals surface area contributed by atoms with Gasteiger partial charge in [0.05, 0.1) is 11.7 Å². The quantitative estimate of drug-likeness (QED) is 0.804. The number of ether oxygens (including phenoxy) is 1. The molecule has 0 fully saturated rings. The van der Waals surface area contributed by atoms with Gasteiger partial charge in [-0.25, -0.2) is 0 Å². The van der Waals surface area contributed by atoms with Gasteiger partial charge in [0.25, 0.3) is 5.88 Å². The van der Waals surface area contributed by atoms with Crippen molar-refractivity contribution in [2.45, 2.75) is 32.8 Å². The van der Waals surface area contributed by atoms with E-state index in [4.69, 9.17) is 4.74 Å². The molecular weight excluding hydrogens is 314 g/mol. The van der Waals surface area contributed by atoms with Gasteiger partial charge in [-0.2, -0.15) is 4.37 Å². The van der Waals surface area contributed by atoms with Crippen LogP contribution in [0.4, 0.5) is 0 Å². The Morgan fingerprint density at radius 2 is 2.14 bits per heavy atom. The molecule has 1 aliphatic rings. The lowest BCUT2D eigenvalue weighted by molar-refractivity contribution is 0.298. The number of hydrogen-bond donors (Lipinski definition) is 0. The van der Waals surface area contributed by atoms with Crippen molar-refractivity contribution in [1.29, 1.82) is 0 Å². The predicted molar refractivity (Wildman–Crippen MR) is 92.6 cm³/mol. The van der Waals surface area contributed by atoms with Crippen LogP contribution in [-0.4, -0.2) is 33.8 Å². The first-order valence-electron chi connectivity index (χ1n) is 7.67. The van der Waals surface area contributed by atoms with Crippen molar-refractivity contribution in [2.75, 3.05) is 20.1 Å². The zero-order chi connectivity index (χ0) is 15.4. The largest absolute Gasteiger partial charge is 0.470 e. The highest BCUT2D eigenvalue weighted by atomic mass is 32.1.